The molecule has 0 aliphatic carbocycles. The zero-order chi connectivity index (χ0) is 17.2. The molecular formula is C18H20N6O. The van der Waals surface area contributed by atoms with Crippen LogP contribution in [-0.4, -0.2) is 48.2 Å². The molecule has 1 saturated heterocycles. The van der Waals surface area contributed by atoms with Crippen LogP contribution in [0.4, 0.5) is 0 Å². The molecule has 3 aromatic rings. The van der Waals surface area contributed by atoms with E-state index >= 15 is 0 Å². The summed E-state index contributed by atoms with van der Waals surface area (Å²) >= 11 is 0. The van der Waals surface area contributed by atoms with Crippen molar-refractivity contribution in [3.63, 3.8) is 0 Å². The quantitative estimate of drug-likeness (QED) is 0.736. The molecule has 1 atom stereocenters. The van der Waals surface area contributed by atoms with E-state index in [4.69, 9.17) is 0 Å². The molecule has 7 nitrogen and oxygen atoms in total. The molecule has 4 rings (SSSR count). The summed E-state index contributed by atoms with van der Waals surface area (Å²) in [5.74, 6) is 0.733. The second-order valence-electron chi connectivity index (χ2n) is 6.42. The first-order chi connectivity index (χ1) is 12.2. The maximum absolute atomic E-state index is 12.9. The summed E-state index contributed by atoms with van der Waals surface area (Å²) < 4.78 is 3.78. The highest BCUT2D eigenvalue weighted by atomic mass is 16.2. The van der Waals surface area contributed by atoms with Crippen LogP contribution in [0.5, 0.6) is 0 Å². The Morgan fingerprint density at radius 3 is 3.00 bits per heavy atom. The number of pyridine rings is 1. The van der Waals surface area contributed by atoms with Crippen molar-refractivity contribution in [3.05, 3.63) is 60.6 Å². The molecule has 7 heteroatoms. The Hall–Kier alpha value is -2.96. The number of piperidine rings is 1. The first-order valence-corrected chi connectivity index (χ1v) is 8.45. The van der Waals surface area contributed by atoms with E-state index in [1.165, 1.54) is 0 Å². The smallest absolute Gasteiger partial charge is 0.254 e. The molecule has 0 N–H and O–H groups in total. The van der Waals surface area contributed by atoms with E-state index in [0.717, 1.165) is 24.9 Å². The highest BCUT2D eigenvalue weighted by Crippen LogP contribution is 2.23. The fourth-order valence-corrected chi connectivity index (χ4v) is 3.26. The number of likely N-dealkylation sites (tertiary alicyclic amines) is 1. The molecule has 0 aromatic carbocycles. The van der Waals surface area contributed by atoms with Crippen molar-refractivity contribution < 1.29 is 4.79 Å². The molecule has 1 aliphatic rings. The van der Waals surface area contributed by atoms with Gasteiger partial charge in [-0.2, -0.15) is 5.10 Å². The van der Waals surface area contributed by atoms with Crippen molar-refractivity contribution in [2.24, 2.45) is 0 Å². The van der Waals surface area contributed by atoms with Crippen molar-refractivity contribution in [1.29, 1.82) is 0 Å². The minimum Gasteiger partial charge on any atom is -0.336 e. The summed E-state index contributed by atoms with van der Waals surface area (Å²) in [7, 11) is 0. The van der Waals surface area contributed by atoms with Gasteiger partial charge in [-0.25, -0.2) is 9.97 Å². The Morgan fingerprint density at radius 1 is 1.32 bits per heavy atom. The monoisotopic (exact) mass is 336 g/mol. The first-order valence-electron chi connectivity index (χ1n) is 8.45. The Balaban J connectivity index is 1.53. The maximum Gasteiger partial charge on any atom is 0.254 e. The van der Waals surface area contributed by atoms with Crippen LogP contribution in [0.25, 0.3) is 5.82 Å². The second kappa shape index (κ2) is 6.51. The number of carbonyl (C=O) groups excluding carboxylic acids is 1. The van der Waals surface area contributed by atoms with E-state index in [1.54, 1.807) is 29.4 Å². The lowest BCUT2D eigenvalue weighted by molar-refractivity contribution is 0.0673. The fraction of sp³-hybridized carbons (Fsp3) is 0.333. The van der Waals surface area contributed by atoms with Crippen LogP contribution in [0.2, 0.25) is 0 Å². The third-order valence-corrected chi connectivity index (χ3v) is 4.55. The van der Waals surface area contributed by atoms with E-state index in [1.807, 2.05) is 41.2 Å². The van der Waals surface area contributed by atoms with Gasteiger partial charge >= 0.3 is 0 Å². The number of carbonyl (C=O) groups is 1. The lowest BCUT2D eigenvalue weighted by Gasteiger charge is -2.33. The summed E-state index contributed by atoms with van der Waals surface area (Å²) in [4.78, 5) is 23.2. The number of nitrogens with zero attached hydrogens (tertiary/aromatic N) is 6. The van der Waals surface area contributed by atoms with Crippen molar-refractivity contribution in [2.75, 3.05) is 13.1 Å². The first kappa shape index (κ1) is 15.6. The van der Waals surface area contributed by atoms with Crippen LogP contribution in [-0.2, 0) is 0 Å². The second-order valence-corrected chi connectivity index (χ2v) is 6.42. The van der Waals surface area contributed by atoms with Gasteiger partial charge in [0.1, 0.15) is 12.1 Å². The maximum atomic E-state index is 12.9. The predicted molar refractivity (Wildman–Crippen MR) is 92.5 cm³/mol. The summed E-state index contributed by atoms with van der Waals surface area (Å²) in [6.07, 6.45) is 12.8. The molecule has 0 radical (unpaired) electrons. The van der Waals surface area contributed by atoms with Crippen LogP contribution in [0.3, 0.4) is 0 Å². The van der Waals surface area contributed by atoms with Gasteiger partial charge in [-0.3, -0.25) is 14.0 Å². The molecule has 3 aromatic heterocycles. The number of hydrogen-bond acceptors (Lipinski definition) is 4. The van der Waals surface area contributed by atoms with Crippen molar-refractivity contribution >= 4 is 5.91 Å². The van der Waals surface area contributed by atoms with E-state index in [2.05, 4.69) is 15.1 Å². The van der Waals surface area contributed by atoms with Crippen LogP contribution in [0, 0.1) is 6.92 Å². The Bertz CT molecular complexity index is 869. The van der Waals surface area contributed by atoms with Gasteiger partial charge in [0.15, 0.2) is 0 Å². The van der Waals surface area contributed by atoms with Gasteiger partial charge in [-0.15, -0.1) is 0 Å². The zero-order valence-corrected chi connectivity index (χ0v) is 14.1. The summed E-state index contributed by atoms with van der Waals surface area (Å²) in [5.41, 5.74) is 1.79. The normalized spacial score (nSPS) is 17.6. The zero-order valence-electron chi connectivity index (χ0n) is 14.1. The topological polar surface area (TPSA) is 68.8 Å². The largest absolute Gasteiger partial charge is 0.336 e. The molecule has 128 valence electrons. The third kappa shape index (κ3) is 3.17. The minimum atomic E-state index is 0.0392. The SMILES string of the molecule is Cc1cnn([C@H]2CCCN(C(=O)c3ccnc(-n4ccnc4)c3)C2)c1. The fourth-order valence-electron chi connectivity index (χ4n) is 3.26. The molecule has 0 unspecified atom stereocenters. The van der Waals surface area contributed by atoms with Crippen molar-refractivity contribution in [1.82, 2.24) is 29.2 Å². The van der Waals surface area contributed by atoms with E-state index < -0.39 is 0 Å². The number of imidazole rings is 1. The van der Waals surface area contributed by atoms with E-state index in [0.29, 0.717) is 17.9 Å². The molecular weight excluding hydrogens is 316 g/mol. The summed E-state index contributed by atoms with van der Waals surface area (Å²) in [6, 6.07) is 3.82. The van der Waals surface area contributed by atoms with Crippen LogP contribution in [0.1, 0.15) is 34.8 Å². The lowest BCUT2D eigenvalue weighted by atomic mass is 10.0. The van der Waals surface area contributed by atoms with Gasteiger partial charge in [0.25, 0.3) is 5.91 Å². The van der Waals surface area contributed by atoms with Gasteiger partial charge in [0.05, 0.1) is 12.2 Å². The van der Waals surface area contributed by atoms with Gasteiger partial charge in [-0.1, -0.05) is 0 Å². The number of hydrogen-bond donors (Lipinski definition) is 0. The van der Waals surface area contributed by atoms with Crippen LogP contribution in [0.15, 0.2) is 49.4 Å². The molecule has 0 bridgehead atoms. The molecule has 4 heterocycles. The molecule has 25 heavy (non-hydrogen) atoms. The van der Waals surface area contributed by atoms with Crippen molar-refractivity contribution in [3.8, 4) is 5.82 Å². The van der Waals surface area contributed by atoms with Gasteiger partial charge in [0.2, 0.25) is 0 Å². The third-order valence-electron chi connectivity index (χ3n) is 4.55. The minimum absolute atomic E-state index is 0.0392. The highest BCUT2D eigenvalue weighted by Gasteiger charge is 2.26. The van der Waals surface area contributed by atoms with Crippen molar-refractivity contribution in [2.45, 2.75) is 25.8 Å². The number of aromatic nitrogens is 5. The molecule has 1 aliphatic heterocycles. The van der Waals surface area contributed by atoms with Crippen LogP contribution >= 0.6 is 0 Å². The average molecular weight is 336 g/mol. The van der Waals surface area contributed by atoms with E-state index in [-0.39, 0.29) is 11.9 Å². The molecule has 1 fully saturated rings. The van der Waals surface area contributed by atoms with Gasteiger partial charge in [0, 0.05) is 43.4 Å². The Kier molecular flexibility index (Phi) is 4.05. The highest BCUT2D eigenvalue weighted by molar-refractivity contribution is 5.94. The van der Waals surface area contributed by atoms with Crippen LogP contribution < -0.4 is 0 Å². The standard InChI is InChI=1S/C18H20N6O/c1-14-10-21-24(11-14)16-3-2-7-22(12-16)18(25)15-4-5-20-17(9-15)23-8-6-19-13-23/h4-6,8-11,13,16H,2-3,7,12H2,1H3/t16-/m0/s1. The average Bonchev–Trinajstić information content (AvgIpc) is 3.33. The number of rotatable bonds is 3. The summed E-state index contributed by atoms with van der Waals surface area (Å²) in [5, 5.41) is 4.41. The molecule has 0 saturated carbocycles. The summed E-state index contributed by atoms with van der Waals surface area (Å²) in [6.45, 7) is 3.49. The van der Waals surface area contributed by atoms with E-state index in [9.17, 15) is 4.79 Å². The van der Waals surface area contributed by atoms with Gasteiger partial charge in [-0.05, 0) is 37.5 Å². The lowest BCUT2D eigenvalue weighted by Crippen LogP contribution is -2.40. The molecule has 0 spiro atoms. The predicted octanol–water partition coefficient (Wildman–Crippen LogP) is 2.25. The Morgan fingerprint density at radius 2 is 2.24 bits per heavy atom. The Labute approximate surface area is 145 Å². The number of aryl methyl sites for hydroxylation is 1. The number of amides is 1. The molecule has 1 amide bonds. The van der Waals surface area contributed by atoms with Gasteiger partial charge < -0.3 is 4.90 Å².